The lowest BCUT2D eigenvalue weighted by molar-refractivity contribution is 0.598. The average molecular weight is 311 g/mol. The van der Waals surface area contributed by atoms with Gasteiger partial charge in [-0.1, -0.05) is 46.3 Å². The minimum Gasteiger partial charge on any atom is -0.207 e. The predicted octanol–water partition coefficient (Wildman–Crippen LogP) is 4.95. The summed E-state index contributed by atoms with van der Waals surface area (Å²) >= 11 is 3.49. The van der Waals surface area contributed by atoms with Gasteiger partial charge >= 0.3 is 0 Å². The highest BCUT2D eigenvalue weighted by Crippen LogP contribution is 2.30. The Morgan fingerprint density at radius 1 is 1.06 bits per heavy atom. The third-order valence-corrected chi connectivity index (χ3v) is 3.70. The fourth-order valence-electron chi connectivity index (χ4n) is 1.85. The molecule has 0 aromatic heterocycles. The van der Waals surface area contributed by atoms with E-state index in [0.717, 1.165) is 5.56 Å². The summed E-state index contributed by atoms with van der Waals surface area (Å²) < 4.78 is 26.7. The van der Waals surface area contributed by atoms with Crippen LogP contribution >= 0.6 is 15.9 Å². The molecule has 0 fully saturated rings. The predicted molar refractivity (Wildman–Crippen MR) is 72.9 cm³/mol. The Morgan fingerprint density at radius 2 is 1.72 bits per heavy atom. The van der Waals surface area contributed by atoms with E-state index in [4.69, 9.17) is 0 Å². The lowest BCUT2D eigenvalue weighted by atomic mass is 10.0. The zero-order valence-electron chi connectivity index (χ0n) is 9.96. The summed E-state index contributed by atoms with van der Waals surface area (Å²) in [5.41, 5.74) is 2.24. The molecule has 0 aliphatic heterocycles. The van der Waals surface area contributed by atoms with Gasteiger partial charge in [0.2, 0.25) is 0 Å². The van der Waals surface area contributed by atoms with Crippen LogP contribution in [-0.2, 0) is 6.42 Å². The molecule has 0 radical (unpaired) electrons. The third-order valence-electron chi connectivity index (χ3n) is 2.89. The summed E-state index contributed by atoms with van der Waals surface area (Å²) in [4.78, 5) is -0.108. The molecule has 1 unspecified atom stereocenters. The van der Waals surface area contributed by atoms with Crippen LogP contribution in [0.4, 0.5) is 8.78 Å². The fraction of sp³-hybridized carbons (Fsp3) is 0.200. The van der Waals surface area contributed by atoms with Gasteiger partial charge in [-0.3, -0.25) is 0 Å². The lowest BCUT2D eigenvalue weighted by Gasteiger charge is -2.12. The summed E-state index contributed by atoms with van der Waals surface area (Å²) in [6, 6.07) is 11.6. The average Bonchev–Trinajstić information content (AvgIpc) is 2.35. The van der Waals surface area contributed by atoms with Crippen molar-refractivity contribution in [3.63, 3.8) is 0 Å². The highest BCUT2D eigenvalue weighted by molar-refractivity contribution is 9.09. The van der Waals surface area contributed by atoms with Crippen LogP contribution in [0, 0.1) is 18.6 Å². The van der Waals surface area contributed by atoms with Gasteiger partial charge < -0.3 is 0 Å². The van der Waals surface area contributed by atoms with Crippen LogP contribution in [0.3, 0.4) is 0 Å². The van der Waals surface area contributed by atoms with Gasteiger partial charge in [0.15, 0.2) is 0 Å². The molecular formula is C15H13BrF2. The van der Waals surface area contributed by atoms with E-state index < -0.39 is 0 Å². The smallest absolute Gasteiger partial charge is 0.130 e. The Hall–Kier alpha value is -1.22. The van der Waals surface area contributed by atoms with Crippen molar-refractivity contribution in [2.75, 3.05) is 0 Å². The number of alkyl halides is 1. The van der Waals surface area contributed by atoms with Crippen molar-refractivity contribution >= 4 is 15.9 Å². The van der Waals surface area contributed by atoms with Gasteiger partial charge in [0, 0.05) is 10.4 Å². The van der Waals surface area contributed by atoms with Crippen molar-refractivity contribution < 1.29 is 8.78 Å². The van der Waals surface area contributed by atoms with Crippen molar-refractivity contribution in [3.8, 4) is 0 Å². The van der Waals surface area contributed by atoms with E-state index in [1.54, 1.807) is 31.2 Å². The summed E-state index contributed by atoms with van der Waals surface area (Å²) in [5, 5.41) is 0. The molecule has 94 valence electrons. The third kappa shape index (κ3) is 2.96. The van der Waals surface area contributed by atoms with E-state index in [9.17, 15) is 8.78 Å². The second-order valence-electron chi connectivity index (χ2n) is 4.28. The largest absolute Gasteiger partial charge is 0.207 e. The van der Waals surface area contributed by atoms with Gasteiger partial charge in [-0.05, 0) is 36.6 Å². The molecule has 0 heterocycles. The summed E-state index contributed by atoms with van der Waals surface area (Å²) in [7, 11) is 0. The van der Waals surface area contributed by atoms with E-state index in [0.29, 0.717) is 17.5 Å². The van der Waals surface area contributed by atoms with E-state index in [1.165, 1.54) is 12.1 Å². The number of halogens is 3. The number of hydrogen-bond acceptors (Lipinski definition) is 0. The Bertz CT molecular complexity index is 535. The molecule has 2 aromatic carbocycles. The second-order valence-corrected chi connectivity index (χ2v) is 5.38. The van der Waals surface area contributed by atoms with Gasteiger partial charge in [-0.15, -0.1) is 0 Å². The van der Waals surface area contributed by atoms with Gasteiger partial charge in [0.05, 0.1) is 0 Å². The fourth-order valence-corrected chi connectivity index (χ4v) is 2.58. The van der Waals surface area contributed by atoms with Crippen LogP contribution in [-0.4, -0.2) is 0 Å². The van der Waals surface area contributed by atoms with E-state index in [1.807, 2.05) is 6.07 Å². The Morgan fingerprint density at radius 3 is 2.39 bits per heavy atom. The normalized spacial score (nSPS) is 12.4. The zero-order valence-corrected chi connectivity index (χ0v) is 11.5. The molecule has 1 atom stereocenters. The maximum Gasteiger partial charge on any atom is 0.130 e. The highest BCUT2D eigenvalue weighted by atomic mass is 79.9. The van der Waals surface area contributed by atoms with E-state index >= 15 is 0 Å². The number of aryl methyl sites for hydroxylation is 1. The van der Waals surface area contributed by atoms with Crippen LogP contribution < -0.4 is 0 Å². The second kappa shape index (κ2) is 5.61. The van der Waals surface area contributed by atoms with Crippen molar-refractivity contribution in [1.82, 2.24) is 0 Å². The molecule has 18 heavy (non-hydrogen) atoms. The molecule has 2 rings (SSSR count). The van der Waals surface area contributed by atoms with Gasteiger partial charge in [-0.25, -0.2) is 8.78 Å². The molecule has 0 bridgehead atoms. The van der Waals surface area contributed by atoms with Gasteiger partial charge in [-0.2, -0.15) is 0 Å². The zero-order chi connectivity index (χ0) is 13.1. The first kappa shape index (κ1) is 13.2. The SMILES string of the molecule is Cc1cccc(C(Br)Cc2ccc(F)cc2)c1F. The molecular weight excluding hydrogens is 298 g/mol. The van der Waals surface area contributed by atoms with Crippen molar-refractivity contribution in [2.45, 2.75) is 18.2 Å². The Kier molecular flexibility index (Phi) is 4.12. The number of rotatable bonds is 3. The molecule has 3 heteroatoms. The molecule has 0 saturated heterocycles. The molecule has 0 N–H and O–H groups in total. The molecule has 0 amide bonds. The van der Waals surface area contributed by atoms with Crippen LogP contribution in [0.25, 0.3) is 0 Å². The number of hydrogen-bond donors (Lipinski definition) is 0. The molecule has 0 aliphatic rings. The molecule has 0 saturated carbocycles. The maximum atomic E-state index is 13.9. The summed E-state index contributed by atoms with van der Waals surface area (Å²) in [6.45, 7) is 1.75. The standard InChI is InChI=1S/C15H13BrF2/c1-10-3-2-4-13(15(10)18)14(16)9-11-5-7-12(17)8-6-11/h2-8,14H,9H2,1H3. The van der Waals surface area contributed by atoms with Crippen LogP contribution in [0.1, 0.15) is 21.5 Å². The van der Waals surface area contributed by atoms with Crippen molar-refractivity contribution in [2.24, 2.45) is 0 Å². The highest BCUT2D eigenvalue weighted by Gasteiger charge is 2.14. The minimum atomic E-state index is -0.258. The lowest BCUT2D eigenvalue weighted by Crippen LogP contribution is -2.00. The monoisotopic (exact) mass is 310 g/mol. The first-order valence-electron chi connectivity index (χ1n) is 5.71. The molecule has 2 aromatic rings. The Labute approximate surface area is 114 Å². The molecule has 0 nitrogen and oxygen atoms in total. The number of benzene rings is 2. The van der Waals surface area contributed by atoms with E-state index in [-0.39, 0.29) is 16.5 Å². The molecule has 0 spiro atoms. The quantitative estimate of drug-likeness (QED) is 0.703. The minimum absolute atomic E-state index is 0.108. The van der Waals surface area contributed by atoms with Gasteiger partial charge in [0.1, 0.15) is 11.6 Å². The van der Waals surface area contributed by atoms with Crippen LogP contribution in [0.2, 0.25) is 0 Å². The van der Waals surface area contributed by atoms with Gasteiger partial charge in [0.25, 0.3) is 0 Å². The summed E-state index contributed by atoms with van der Waals surface area (Å²) in [5.74, 6) is -0.437. The Balaban J connectivity index is 2.19. The van der Waals surface area contributed by atoms with E-state index in [2.05, 4.69) is 15.9 Å². The maximum absolute atomic E-state index is 13.9. The van der Waals surface area contributed by atoms with Crippen molar-refractivity contribution in [3.05, 3.63) is 70.8 Å². The van der Waals surface area contributed by atoms with Crippen LogP contribution in [0.5, 0.6) is 0 Å². The first-order chi connectivity index (χ1) is 8.58. The van der Waals surface area contributed by atoms with Crippen molar-refractivity contribution in [1.29, 1.82) is 0 Å². The summed E-state index contributed by atoms with van der Waals surface area (Å²) in [6.07, 6.45) is 0.626. The molecule has 0 aliphatic carbocycles. The first-order valence-corrected chi connectivity index (χ1v) is 6.63. The van der Waals surface area contributed by atoms with Crippen LogP contribution in [0.15, 0.2) is 42.5 Å². The topological polar surface area (TPSA) is 0 Å².